The van der Waals surface area contributed by atoms with E-state index in [1.807, 2.05) is 0 Å². The van der Waals surface area contributed by atoms with Gasteiger partial charge in [-0.1, -0.05) is 0 Å². The number of carbonyl (C=O) groups is 5. The van der Waals surface area contributed by atoms with Crippen LogP contribution >= 0.6 is 0 Å². The van der Waals surface area contributed by atoms with E-state index in [4.69, 9.17) is 10.2 Å². The number of carboxylic acids is 2. The van der Waals surface area contributed by atoms with E-state index in [9.17, 15) is 24.0 Å². The van der Waals surface area contributed by atoms with Crippen molar-refractivity contribution in [1.82, 2.24) is 10.6 Å². The van der Waals surface area contributed by atoms with Gasteiger partial charge in [0.25, 0.3) is 0 Å². The van der Waals surface area contributed by atoms with E-state index in [1.165, 1.54) is 0 Å². The van der Waals surface area contributed by atoms with Crippen molar-refractivity contribution in [1.29, 1.82) is 0 Å². The highest BCUT2D eigenvalue weighted by molar-refractivity contribution is 5.87. The predicted octanol–water partition coefficient (Wildman–Crippen LogP) is -0.902. The first-order valence-corrected chi connectivity index (χ1v) is 6.87. The molecule has 0 aromatic heterocycles. The van der Waals surface area contributed by atoms with Crippen LogP contribution in [0.15, 0.2) is 0 Å². The highest BCUT2D eigenvalue weighted by atomic mass is 16.5. The van der Waals surface area contributed by atoms with Crippen LogP contribution in [0.3, 0.4) is 0 Å². The van der Waals surface area contributed by atoms with E-state index in [0.29, 0.717) is 0 Å². The van der Waals surface area contributed by atoms with E-state index < -0.39 is 42.0 Å². The average molecular weight is 348 g/mol. The first-order chi connectivity index (χ1) is 11.2. The lowest BCUT2D eigenvalue weighted by atomic mass is 10.1. The molecule has 0 heterocycles. The fraction of sp³-hybridized carbons (Fsp3) is 0.615. The quantitative estimate of drug-likeness (QED) is 0.365. The van der Waals surface area contributed by atoms with Crippen LogP contribution in [0.4, 0.5) is 4.79 Å². The lowest BCUT2D eigenvalue weighted by Crippen LogP contribution is -2.51. The molecule has 2 atom stereocenters. The van der Waals surface area contributed by atoms with Gasteiger partial charge < -0.3 is 30.3 Å². The van der Waals surface area contributed by atoms with Gasteiger partial charge in [0.1, 0.15) is 12.1 Å². The first kappa shape index (κ1) is 21.1. The summed E-state index contributed by atoms with van der Waals surface area (Å²) in [5.74, 6) is -4.04. The highest BCUT2D eigenvalue weighted by Gasteiger charge is 2.26. The summed E-state index contributed by atoms with van der Waals surface area (Å²) in [6, 6.07) is -3.43. The molecule has 0 spiro atoms. The SMILES string of the molecule is COC(=O)[C@H](CCC(=O)O)NC(=O)N[C@@H](CCC(=O)O)C(=O)OC. The molecule has 0 saturated heterocycles. The van der Waals surface area contributed by atoms with Crippen LogP contribution in [0, 0.1) is 0 Å². The molecular formula is C13H20N2O9. The van der Waals surface area contributed by atoms with Gasteiger partial charge in [-0.15, -0.1) is 0 Å². The van der Waals surface area contributed by atoms with E-state index in [-0.39, 0.29) is 25.7 Å². The summed E-state index contributed by atoms with van der Waals surface area (Å²) in [5.41, 5.74) is 0. The van der Waals surface area contributed by atoms with Crippen LogP contribution in [0.5, 0.6) is 0 Å². The third kappa shape index (κ3) is 8.56. The normalized spacial score (nSPS) is 12.4. The molecule has 0 aliphatic carbocycles. The van der Waals surface area contributed by atoms with Crippen LogP contribution in [0.1, 0.15) is 25.7 Å². The molecule has 2 amide bonds. The third-order valence-corrected chi connectivity index (χ3v) is 2.88. The smallest absolute Gasteiger partial charge is 0.328 e. The Bertz CT molecular complexity index is 450. The molecule has 0 aromatic carbocycles. The molecule has 0 radical (unpaired) electrons. The Balaban J connectivity index is 4.79. The number of hydrogen-bond acceptors (Lipinski definition) is 7. The van der Waals surface area contributed by atoms with Gasteiger partial charge in [0.15, 0.2) is 0 Å². The molecule has 0 fully saturated rings. The summed E-state index contributed by atoms with van der Waals surface area (Å²) < 4.78 is 8.91. The van der Waals surface area contributed by atoms with Crippen molar-refractivity contribution in [3.8, 4) is 0 Å². The number of aliphatic carboxylic acids is 2. The largest absolute Gasteiger partial charge is 0.481 e. The topological polar surface area (TPSA) is 168 Å². The molecule has 24 heavy (non-hydrogen) atoms. The number of ether oxygens (including phenoxy) is 2. The van der Waals surface area contributed by atoms with Crippen LogP contribution < -0.4 is 10.6 Å². The van der Waals surface area contributed by atoms with Crippen molar-refractivity contribution in [3.05, 3.63) is 0 Å². The summed E-state index contributed by atoms with van der Waals surface area (Å²) in [6.45, 7) is 0. The van der Waals surface area contributed by atoms with Crippen LogP contribution in [0.25, 0.3) is 0 Å². The summed E-state index contributed by atoms with van der Waals surface area (Å²) in [6.07, 6.45) is -1.21. The van der Waals surface area contributed by atoms with Gasteiger partial charge in [-0.05, 0) is 12.8 Å². The van der Waals surface area contributed by atoms with E-state index in [1.54, 1.807) is 0 Å². The Labute approximate surface area is 137 Å². The van der Waals surface area contributed by atoms with Crippen molar-refractivity contribution < 1.29 is 43.7 Å². The Morgan fingerprint density at radius 1 is 0.792 bits per heavy atom. The fourth-order valence-corrected chi connectivity index (χ4v) is 1.68. The van der Waals surface area contributed by atoms with E-state index in [2.05, 4.69) is 20.1 Å². The molecule has 0 aromatic rings. The minimum absolute atomic E-state index is 0.215. The summed E-state index contributed by atoms with van der Waals surface area (Å²) in [7, 11) is 2.14. The molecule has 0 aliphatic rings. The zero-order valence-corrected chi connectivity index (χ0v) is 13.2. The van der Waals surface area contributed by atoms with Crippen LogP contribution in [0.2, 0.25) is 0 Å². The Morgan fingerprint density at radius 2 is 1.12 bits per heavy atom. The van der Waals surface area contributed by atoms with Crippen molar-refractivity contribution in [2.24, 2.45) is 0 Å². The maximum absolute atomic E-state index is 11.9. The third-order valence-electron chi connectivity index (χ3n) is 2.88. The predicted molar refractivity (Wildman–Crippen MR) is 77.0 cm³/mol. The average Bonchev–Trinajstić information content (AvgIpc) is 2.53. The van der Waals surface area contributed by atoms with Gasteiger partial charge >= 0.3 is 29.9 Å². The number of amides is 2. The van der Waals surface area contributed by atoms with Gasteiger partial charge in [-0.25, -0.2) is 14.4 Å². The van der Waals surface area contributed by atoms with E-state index >= 15 is 0 Å². The minimum atomic E-state index is -1.23. The number of urea groups is 1. The number of carboxylic acid groups (broad SMARTS) is 2. The molecule has 11 nitrogen and oxygen atoms in total. The summed E-state index contributed by atoms with van der Waals surface area (Å²) in [4.78, 5) is 56.0. The molecular weight excluding hydrogens is 328 g/mol. The molecule has 0 saturated carbocycles. The van der Waals surface area contributed by atoms with Gasteiger partial charge in [-0.2, -0.15) is 0 Å². The molecule has 0 rings (SSSR count). The lowest BCUT2D eigenvalue weighted by Gasteiger charge is -2.19. The van der Waals surface area contributed by atoms with Gasteiger partial charge in [0.05, 0.1) is 14.2 Å². The number of hydrogen-bond donors (Lipinski definition) is 4. The highest BCUT2D eigenvalue weighted by Crippen LogP contribution is 2.03. The number of rotatable bonds is 10. The van der Waals surface area contributed by atoms with Crippen LogP contribution in [-0.2, 0) is 28.7 Å². The molecule has 0 aliphatic heterocycles. The zero-order valence-electron chi connectivity index (χ0n) is 13.2. The van der Waals surface area contributed by atoms with Crippen molar-refractivity contribution in [3.63, 3.8) is 0 Å². The fourth-order valence-electron chi connectivity index (χ4n) is 1.68. The van der Waals surface area contributed by atoms with Crippen molar-refractivity contribution in [2.45, 2.75) is 37.8 Å². The maximum atomic E-state index is 11.9. The second kappa shape index (κ2) is 10.8. The Kier molecular flexibility index (Phi) is 9.52. The number of nitrogens with one attached hydrogen (secondary N) is 2. The molecule has 11 heteroatoms. The second-order valence-electron chi connectivity index (χ2n) is 4.63. The van der Waals surface area contributed by atoms with Gasteiger partial charge in [-0.3, -0.25) is 9.59 Å². The maximum Gasteiger partial charge on any atom is 0.328 e. The van der Waals surface area contributed by atoms with Crippen LogP contribution in [-0.4, -0.2) is 66.4 Å². The Hall–Kier alpha value is -2.85. The minimum Gasteiger partial charge on any atom is -0.481 e. The first-order valence-electron chi connectivity index (χ1n) is 6.87. The molecule has 0 bridgehead atoms. The lowest BCUT2D eigenvalue weighted by molar-refractivity contribution is -0.144. The van der Waals surface area contributed by atoms with Gasteiger partial charge in [0, 0.05) is 12.8 Å². The standard InChI is InChI=1S/C13H20N2O9/c1-23-11(20)7(3-5-9(16)17)14-13(22)15-8(12(21)24-2)4-6-10(18)19/h7-8H,3-6H2,1-2H3,(H,16,17)(H,18,19)(H2,14,15,22)/t7-,8-/m0/s1. The van der Waals surface area contributed by atoms with Gasteiger partial charge in [0.2, 0.25) is 0 Å². The number of esters is 2. The van der Waals surface area contributed by atoms with Crippen molar-refractivity contribution in [2.75, 3.05) is 14.2 Å². The summed E-state index contributed by atoms with van der Waals surface area (Å²) in [5, 5.41) is 21.6. The summed E-state index contributed by atoms with van der Waals surface area (Å²) >= 11 is 0. The molecule has 0 unspecified atom stereocenters. The Morgan fingerprint density at radius 3 is 1.38 bits per heavy atom. The number of methoxy groups -OCH3 is 2. The van der Waals surface area contributed by atoms with E-state index in [0.717, 1.165) is 14.2 Å². The van der Waals surface area contributed by atoms with Crippen molar-refractivity contribution >= 4 is 29.9 Å². The second-order valence-corrected chi connectivity index (χ2v) is 4.63. The zero-order chi connectivity index (χ0) is 18.7. The monoisotopic (exact) mass is 348 g/mol. The number of carbonyl (C=O) groups excluding carboxylic acids is 3. The molecule has 136 valence electrons. The molecule has 4 N–H and O–H groups in total.